The van der Waals surface area contributed by atoms with Crippen molar-refractivity contribution in [2.45, 2.75) is 46.1 Å². The Kier molecular flexibility index (Phi) is 8.92. The predicted octanol–water partition coefficient (Wildman–Crippen LogP) is 0.906. The third-order valence-electron chi connectivity index (χ3n) is 2.33. The van der Waals surface area contributed by atoms with Gasteiger partial charge >= 0.3 is 0 Å². The van der Waals surface area contributed by atoms with Gasteiger partial charge in [-0.15, -0.1) is 0 Å². The van der Waals surface area contributed by atoms with Crippen molar-refractivity contribution in [2.24, 2.45) is 11.7 Å². The van der Waals surface area contributed by atoms with Crippen LogP contribution in [0.1, 0.15) is 40.0 Å². The van der Waals surface area contributed by atoms with Crippen LogP contribution in [0.3, 0.4) is 0 Å². The Morgan fingerprint density at radius 2 is 2.00 bits per heavy atom. The summed E-state index contributed by atoms with van der Waals surface area (Å²) in [5, 5.41) is 5.36. The average molecular weight is 255 g/mol. The summed E-state index contributed by atoms with van der Waals surface area (Å²) in [4.78, 5) is 22.1. The van der Waals surface area contributed by atoms with Gasteiger partial charge in [-0.05, 0) is 31.4 Å². The molecule has 0 aromatic carbocycles. The van der Waals surface area contributed by atoms with Gasteiger partial charge in [0.15, 0.2) is 0 Å². The molecule has 104 valence electrons. The van der Waals surface area contributed by atoms with E-state index in [0.717, 1.165) is 12.8 Å². The van der Waals surface area contributed by atoms with Crippen LogP contribution < -0.4 is 16.4 Å². The third kappa shape index (κ3) is 9.84. The lowest BCUT2D eigenvalue weighted by molar-refractivity contribution is -0.121. The molecule has 0 aliphatic carbocycles. The Morgan fingerprint density at radius 3 is 2.56 bits per heavy atom. The summed E-state index contributed by atoms with van der Waals surface area (Å²) < 4.78 is 0. The second-order valence-corrected chi connectivity index (χ2v) is 4.77. The molecule has 5 heteroatoms. The summed E-state index contributed by atoms with van der Waals surface area (Å²) >= 11 is 0. The Hall–Kier alpha value is -1.36. The summed E-state index contributed by atoms with van der Waals surface area (Å²) in [5.74, 6) is 0.237. The fraction of sp³-hybridized carbons (Fsp3) is 0.692. The molecule has 0 radical (unpaired) electrons. The largest absolute Gasteiger partial charge is 0.356 e. The summed E-state index contributed by atoms with van der Waals surface area (Å²) in [6, 6.07) is -0.450. The van der Waals surface area contributed by atoms with Crippen molar-refractivity contribution in [3.63, 3.8) is 0 Å². The highest BCUT2D eigenvalue weighted by Crippen LogP contribution is 2.02. The Labute approximate surface area is 109 Å². The average Bonchev–Trinajstić information content (AvgIpc) is 2.26. The smallest absolute Gasteiger partial charge is 0.240 e. The maximum Gasteiger partial charge on any atom is 0.240 e. The van der Waals surface area contributed by atoms with Gasteiger partial charge in [0, 0.05) is 13.5 Å². The second-order valence-electron chi connectivity index (χ2n) is 4.77. The van der Waals surface area contributed by atoms with Crippen LogP contribution in [0.4, 0.5) is 0 Å². The number of amides is 2. The molecule has 4 N–H and O–H groups in total. The first kappa shape index (κ1) is 16.6. The minimum absolute atomic E-state index is 0.0214. The number of hydrogen-bond acceptors (Lipinski definition) is 3. The zero-order chi connectivity index (χ0) is 14.0. The van der Waals surface area contributed by atoms with E-state index < -0.39 is 6.04 Å². The van der Waals surface area contributed by atoms with Crippen LogP contribution in [0.5, 0.6) is 0 Å². The van der Waals surface area contributed by atoms with Crippen LogP contribution in [0.2, 0.25) is 0 Å². The molecular weight excluding hydrogens is 230 g/mol. The van der Waals surface area contributed by atoms with Crippen molar-refractivity contribution >= 4 is 11.8 Å². The third-order valence-corrected chi connectivity index (χ3v) is 2.33. The SMILES string of the molecule is CC(=O)NCCCC=CNC(=O)[C@@H](N)CC(C)C. The molecule has 5 nitrogen and oxygen atoms in total. The molecule has 0 saturated heterocycles. The van der Waals surface area contributed by atoms with E-state index in [2.05, 4.69) is 10.6 Å². The molecule has 0 bridgehead atoms. The van der Waals surface area contributed by atoms with Crippen LogP contribution in [0.25, 0.3) is 0 Å². The van der Waals surface area contributed by atoms with Gasteiger partial charge < -0.3 is 16.4 Å². The molecule has 0 aromatic rings. The van der Waals surface area contributed by atoms with Crippen LogP contribution in [0, 0.1) is 5.92 Å². The molecule has 0 aliphatic heterocycles. The minimum atomic E-state index is -0.450. The zero-order valence-electron chi connectivity index (χ0n) is 11.5. The lowest BCUT2D eigenvalue weighted by atomic mass is 10.0. The fourth-order valence-electron chi connectivity index (χ4n) is 1.43. The first-order chi connectivity index (χ1) is 8.43. The van der Waals surface area contributed by atoms with Crippen molar-refractivity contribution < 1.29 is 9.59 Å². The molecule has 0 spiro atoms. The van der Waals surface area contributed by atoms with Crippen LogP contribution in [0.15, 0.2) is 12.3 Å². The van der Waals surface area contributed by atoms with E-state index in [1.165, 1.54) is 6.92 Å². The number of hydrogen-bond donors (Lipinski definition) is 3. The highest BCUT2D eigenvalue weighted by Gasteiger charge is 2.12. The van der Waals surface area contributed by atoms with Gasteiger partial charge in [-0.2, -0.15) is 0 Å². The van der Waals surface area contributed by atoms with Crippen LogP contribution >= 0.6 is 0 Å². The number of nitrogens with two attached hydrogens (primary N) is 1. The molecule has 0 fully saturated rings. The highest BCUT2D eigenvalue weighted by atomic mass is 16.2. The molecule has 2 amide bonds. The maximum atomic E-state index is 11.5. The van der Waals surface area contributed by atoms with Crippen molar-refractivity contribution in [1.29, 1.82) is 0 Å². The number of carbonyl (C=O) groups is 2. The molecule has 0 rings (SSSR count). The number of unbranched alkanes of at least 4 members (excludes halogenated alkanes) is 1. The first-order valence-electron chi connectivity index (χ1n) is 6.39. The Bertz CT molecular complexity index is 288. The monoisotopic (exact) mass is 255 g/mol. The Morgan fingerprint density at radius 1 is 1.33 bits per heavy atom. The van der Waals surface area contributed by atoms with Crippen LogP contribution in [-0.4, -0.2) is 24.4 Å². The lowest BCUT2D eigenvalue weighted by Gasteiger charge is -2.12. The minimum Gasteiger partial charge on any atom is -0.356 e. The van der Waals surface area contributed by atoms with Crippen molar-refractivity contribution in [1.82, 2.24) is 10.6 Å². The summed E-state index contributed by atoms with van der Waals surface area (Å²) in [6.45, 7) is 6.21. The van der Waals surface area contributed by atoms with Crippen molar-refractivity contribution in [3.8, 4) is 0 Å². The molecule has 1 atom stereocenters. The van der Waals surface area contributed by atoms with Gasteiger partial charge in [-0.25, -0.2) is 0 Å². The molecular formula is C13H25N3O2. The normalized spacial score (nSPS) is 12.7. The molecule has 0 heterocycles. The Balaban J connectivity index is 3.62. The fourth-order valence-corrected chi connectivity index (χ4v) is 1.43. The van der Waals surface area contributed by atoms with Crippen molar-refractivity contribution in [3.05, 3.63) is 12.3 Å². The number of rotatable bonds is 8. The van der Waals surface area contributed by atoms with E-state index in [0.29, 0.717) is 18.9 Å². The highest BCUT2D eigenvalue weighted by molar-refractivity contribution is 5.82. The first-order valence-corrected chi connectivity index (χ1v) is 6.39. The molecule has 0 saturated carbocycles. The number of carbonyl (C=O) groups excluding carboxylic acids is 2. The van der Waals surface area contributed by atoms with Crippen LogP contribution in [-0.2, 0) is 9.59 Å². The standard InChI is InChI=1S/C13H25N3O2/c1-10(2)9-12(14)13(18)16-8-6-4-5-7-15-11(3)17/h6,8,10,12H,4-5,7,9,14H2,1-3H3,(H,15,17)(H,16,18)/t12-/m0/s1. The van der Waals surface area contributed by atoms with E-state index in [1.807, 2.05) is 19.9 Å². The summed E-state index contributed by atoms with van der Waals surface area (Å²) in [7, 11) is 0. The second kappa shape index (κ2) is 9.65. The number of allylic oxidation sites excluding steroid dienone is 1. The zero-order valence-corrected chi connectivity index (χ0v) is 11.5. The van der Waals surface area contributed by atoms with E-state index in [-0.39, 0.29) is 11.8 Å². The summed E-state index contributed by atoms with van der Waals surface area (Å²) in [5.41, 5.74) is 5.72. The predicted molar refractivity (Wildman–Crippen MR) is 72.6 cm³/mol. The molecule has 18 heavy (non-hydrogen) atoms. The topological polar surface area (TPSA) is 84.2 Å². The quantitative estimate of drug-likeness (QED) is 0.564. The van der Waals surface area contributed by atoms with Gasteiger partial charge in [-0.1, -0.05) is 19.9 Å². The molecule has 0 unspecified atom stereocenters. The van der Waals surface area contributed by atoms with E-state index in [4.69, 9.17) is 5.73 Å². The van der Waals surface area contributed by atoms with E-state index >= 15 is 0 Å². The lowest BCUT2D eigenvalue weighted by Crippen LogP contribution is -2.39. The van der Waals surface area contributed by atoms with Gasteiger partial charge in [-0.3, -0.25) is 9.59 Å². The van der Waals surface area contributed by atoms with E-state index in [1.54, 1.807) is 6.20 Å². The molecule has 0 aliphatic rings. The summed E-state index contributed by atoms with van der Waals surface area (Å²) in [6.07, 6.45) is 5.82. The molecule has 0 aromatic heterocycles. The van der Waals surface area contributed by atoms with Gasteiger partial charge in [0.05, 0.1) is 6.04 Å². The number of nitrogens with one attached hydrogen (secondary N) is 2. The van der Waals surface area contributed by atoms with E-state index in [9.17, 15) is 9.59 Å². The van der Waals surface area contributed by atoms with Crippen molar-refractivity contribution in [2.75, 3.05) is 6.54 Å². The van der Waals surface area contributed by atoms with Gasteiger partial charge in [0.25, 0.3) is 0 Å². The maximum absolute atomic E-state index is 11.5. The van der Waals surface area contributed by atoms with Gasteiger partial charge in [0.1, 0.15) is 0 Å². The van der Waals surface area contributed by atoms with Gasteiger partial charge in [0.2, 0.25) is 11.8 Å².